The summed E-state index contributed by atoms with van der Waals surface area (Å²) in [5.74, 6) is 1.35. The van der Waals surface area contributed by atoms with Crippen molar-refractivity contribution in [1.82, 2.24) is 4.90 Å². The number of nitrogens with zero attached hydrogens (tertiary/aromatic N) is 1. The third kappa shape index (κ3) is 3.11. The topological polar surface area (TPSA) is 52.9 Å². The normalized spacial score (nSPS) is 33.7. The number of benzene rings is 1. The second-order valence-electron chi connectivity index (χ2n) is 8.95. The molecule has 26 heavy (non-hydrogen) atoms. The minimum absolute atomic E-state index is 0.155. The zero-order chi connectivity index (χ0) is 18.1. The summed E-state index contributed by atoms with van der Waals surface area (Å²) in [6, 6.07) is 9.97. The fourth-order valence-electron chi connectivity index (χ4n) is 6.35. The summed E-state index contributed by atoms with van der Waals surface area (Å²) in [6.07, 6.45) is 7.36. The Balaban J connectivity index is 1.73. The largest absolute Gasteiger partial charge is 0.382 e. The standard InChI is InChI=1S/C22H33NO3/c1-23-14-16-8-7-9-17(15-23)20(16)21(26-25)22(24,19-12-5-6-13-19)18-10-3-2-4-11-18/h2-4,10-11,16-17,19-21,24-25H,5-9,12-15H2,1H3. The van der Waals surface area contributed by atoms with Gasteiger partial charge in [-0.05, 0) is 62.0 Å². The molecule has 4 unspecified atom stereocenters. The lowest BCUT2D eigenvalue weighted by Crippen LogP contribution is -2.59. The Morgan fingerprint density at radius 3 is 2.19 bits per heavy atom. The second-order valence-corrected chi connectivity index (χ2v) is 8.95. The van der Waals surface area contributed by atoms with E-state index in [1.165, 1.54) is 19.3 Å². The predicted molar refractivity (Wildman–Crippen MR) is 102 cm³/mol. The molecule has 2 aliphatic carbocycles. The maximum atomic E-state index is 12.1. The van der Waals surface area contributed by atoms with Gasteiger partial charge in [0.25, 0.3) is 0 Å². The Kier molecular flexibility index (Phi) is 5.38. The number of piperidine rings is 1. The molecule has 1 saturated heterocycles. The number of hydrogen-bond acceptors (Lipinski definition) is 4. The van der Waals surface area contributed by atoms with E-state index in [0.717, 1.165) is 44.3 Å². The van der Waals surface area contributed by atoms with Crippen LogP contribution in [0.25, 0.3) is 0 Å². The van der Waals surface area contributed by atoms with Crippen LogP contribution in [-0.4, -0.2) is 41.5 Å². The van der Waals surface area contributed by atoms with Crippen LogP contribution in [0.5, 0.6) is 0 Å². The lowest BCUT2D eigenvalue weighted by molar-refractivity contribution is -0.349. The van der Waals surface area contributed by atoms with Crippen molar-refractivity contribution in [1.29, 1.82) is 0 Å². The minimum Gasteiger partial charge on any atom is -0.382 e. The summed E-state index contributed by atoms with van der Waals surface area (Å²) in [4.78, 5) is 7.64. The Hall–Kier alpha value is -0.940. The first-order chi connectivity index (χ1) is 12.6. The van der Waals surface area contributed by atoms with E-state index in [1.807, 2.05) is 30.3 Å². The molecule has 4 nitrogen and oxygen atoms in total. The zero-order valence-corrected chi connectivity index (χ0v) is 15.9. The molecule has 0 aromatic heterocycles. The second kappa shape index (κ2) is 7.59. The number of aliphatic hydroxyl groups is 1. The molecule has 2 bridgehead atoms. The monoisotopic (exact) mass is 359 g/mol. The van der Waals surface area contributed by atoms with Crippen molar-refractivity contribution in [2.75, 3.05) is 20.1 Å². The molecule has 4 rings (SSSR count). The summed E-state index contributed by atoms with van der Waals surface area (Å²) in [5.41, 5.74) is -0.205. The molecule has 1 heterocycles. The van der Waals surface area contributed by atoms with Gasteiger partial charge >= 0.3 is 0 Å². The molecule has 0 radical (unpaired) electrons. The van der Waals surface area contributed by atoms with Crippen molar-refractivity contribution in [3.8, 4) is 0 Å². The lowest BCUT2D eigenvalue weighted by atomic mass is 9.61. The van der Waals surface area contributed by atoms with E-state index in [4.69, 9.17) is 4.89 Å². The van der Waals surface area contributed by atoms with E-state index in [9.17, 15) is 10.4 Å². The highest BCUT2D eigenvalue weighted by Crippen LogP contribution is 2.51. The average molecular weight is 360 g/mol. The van der Waals surface area contributed by atoms with Crippen LogP contribution in [0.4, 0.5) is 0 Å². The summed E-state index contributed by atoms with van der Waals surface area (Å²) >= 11 is 0. The summed E-state index contributed by atoms with van der Waals surface area (Å²) in [7, 11) is 2.19. The average Bonchev–Trinajstić information content (AvgIpc) is 3.18. The van der Waals surface area contributed by atoms with Gasteiger partial charge < -0.3 is 10.0 Å². The third-order valence-corrected chi connectivity index (χ3v) is 7.44. The van der Waals surface area contributed by atoms with Crippen LogP contribution in [-0.2, 0) is 10.5 Å². The highest BCUT2D eigenvalue weighted by molar-refractivity contribution is 5.26. The number of likely N-dealkylation sites (tertiary alicyclic amines) is 1. The molecule has 4 heteroatoms. The van der Waals surface area contributed by atoms with E-state index in [-0.39, 0.29) is 11.8 Å². The van der Waals surface area contributed by atoms with Gasteiger partial charge in [-0.2, -0.15) is 0 Å². The van der Waals surface area contributed by atoms with Crippen LogP contribution in [0.3, 0.4) is 0 Å². The van der Waals surface area contributed by atoms with Crippen molar-refractivity contribution in [3.63, 3.8) is 0 Å². The van der Waals surface area contributed by atoms with Gasteiger partial charge in [0.2, 0.25) is 0 Å². The molecule has 3 fully saturated rings. The highest BCUT2D eigenvalue weighted by Gasteiger charge is 2.55. The van der Waals surface area contributed by atoms with Crippen LogP contribution < -0.4 is 0 Å². The Morgan fingerprint density at radius 1 is 1.00 bits per heavy atom. The lowest BCUT2D eigenvalue weighted by Gasteiger charge is -2.53. The van der Waals surface area contributed by atoms with Gasteiger partial charge in [-0.3, -0.25) is 5.26 Å². The van der Waals surface area contributed by atoms with Gasteiger partial charge in [-0.1, -0.05) is 49.6 Å². The van der Waals surface area contributed by atoms with Crippen molar-refractivity contribution >= 4 is 0 Å². The van der Waals surface area contributed by atoms with Gasteiger partial charge in [0.05, 0.1) is 0 Å². The van der Waals surface area contributed by atoms with E-state index in [0.29, 0.717) is 11.8 Å². The summed E-state index contributed by atoms with van der Waals surface area (Å²) in [6.45, 7) is 2.08. The highest BCUT2D eigenvalue weighted by atomic mass is 17.1. The number of fused-ring (bicyclic) bond motifs is 2. The number of hydrogen-bond donors (Lipinski definition) is 2. The van der Waals surface area contributed by atoms with E-state index in [1.54, 1.807) is 0 Å². The molecule has 0 spiro atoms. The van der Waals surface area contributed by atoms with Crippen LogP contribution in [0.15, 0.2) is 30.3 Å². The zero-order valence-electron chi connectivity index (χ0n) is 15.9. The Labute approximate surface area is 157 Å². The smallest absolute Gasteiger partial charge is 0.129 e. The maximum absolute atomic E-state index is 12.1. The third-order valence-electron chi connectivity index (χ3n) is 7.44. The summed E-state index contributed by atoms with van der Waals surface area (Å²) < 4.78 is 0. The first-order valence-corrected chi connectivity index (χ1v) is 10.4. The molecular formula is C22H33NO3. The fraction of sp³-hybridized carbons (Fsp3) is 0.727. The SMILES string of the molecule is CN1CC2CCCC(C1)C2C(OO)C(O)(c1ccccc1)C1CCCC1. The quantitative estimate of drug-likeness (QED) is 0.618. The molecule has 1 aromatic carbocycles. The van der Waals surface area contributed by atoms with Crippen LogP contribution >= 0.6 is 0 Å². The van der Waals surface area contributed by atoms with E-state index < -0.39 is 11.7 Å². The van der Waals surface area contributed by atoms with Gasteiger partial charge in [0, 0.05) is 13.1 Å². The molecule has 3 aliphatic rings. The van der Waals surface area contributed by atoms with Gasteiger partial charge in [0.1, 0.15) is 11.7 Å². The molecule has 144 valence electrons. The number of rotatable bonds is 5. The fourth-order valence-corrected chi connectivity index (χ4v) is 6.35. The van der Waals surface area contributed by atoms with Crippen LogP contribution in [0.2, 0.25) is 0 Å². The summed E-state index contributed by atoms with van der Waals surface area (Å²) in [5, 5.41) is 22.2. The van der Waals surface area contributed by atoms with Crippen molar-refractivity contribution in [3.05, 3.63) is 35.9 Å². The molecule has 2 N–H and O–H groups in total. The van der Waals surface area contributed by atoms with E-state index >= 15 is 0 Å². The molecule has 4 atom stereocenters. The van der Waals surface area contributed by atoms with Crippen molar-refractivity contribution in [2.24, 2.45) is 23.7 Å². The molecule has 0 amide bonds. The Bertz CT molecular complexity index is 574. The maximum Gasteiger partial charge on any atom is 0.129 e. The Morgan fingerprint density at radius 2 is 1.62 bits per heavy atom. The van der Waals surface area contributed by atoms with Crippen LogP contribution in [0.1, 0.15) is 50.5 Å². The van der Waals surface area contributed by atoms with Crippen molar-refractivity contribution in [2.45, 2.75) is 56.7 Å². The predicted octanol–water partition coefficient (Wildman–Crippen LogP) is 3.90. The first kappa shape index (κ1) is 18.4. The van der Waals surface area contributed by atoms with Crippen LogP contribution in [0, 0.1) is 23.7 Å². The van der Waals surface area contributed by atoms with Gasteiger partial charge in [0.15, 0.2) is 0 Å². The van der Waals surface area contributed by atoms with Crippen molar-refractivity contribution < 1.29 is 15.3 Å². The molecular weight excluding hydrogens is 326 g/mol. The first-order valence-electron chi connectivity index (χ1n) is 10.4. The molecule has 1 aliphatic heterocycles. The van der Waals surface area contributed by atoms with E-state index in [2.05, 4.69) is 11.9 Å². The molecule has 1 aromatic rings. The van der Waals surface area contributed by atoms with Gasteiger partial charge in [-0.25, -0.2) is 4.89 Å². The molecule has 2 saturated carbocycles. The van der Waals surface area contributed by atoms with Gasteiger partial charge in [-0.15, -0.1) is 0 Å². The minimum atomic E-state index is -1.11.